The number of halogens is 4. The molecule has 0 bridgehead atoms. The summed E-state index contributed by atoms with van der Waals surface area (Å²) in [6.07, 6.45) is 1.11. The van der Waals surface area contributed by atoms with Gasteiger partial charge in [0.05, 0.1) is 6.20 Å². The second-order valence-electron chi connectivity index (χ2n) is 1.67. The predicted octanol–water partition coefficient (Wildman–Crippen LogP) is 2.75. The van der Waals surface area contributed by atoms with Crippen LogP contribution in [0.25, 0.3) is 0 Å². The maximum absolute atomic E-state index is 12.5. The Balaban J connectivity index is 3.05. The lowest BCUT2D eigenvalue weighted by Gasteiger charge is -1.98. The van der Waals surface area contributed by atoms with Crippen molar-refractivity contribution in [2.45, 2.75) is 4.84 Å². The first-order valence-corrected chi connectivity index (χ1v) is 3.82. The SMILES string of the molecule is Fc1nc(C(Cl)Cl)ncc1Cl. The highest BCUT2D eigenvalue weighted by atomic mass is 35.5. The van der Waals surface area contributed by atoms with Crippen LogP contribution in [0.5, 0.6) is 0 Å². The molecule has 0 atom stereocenters. The topological polar surface area (TPSA) is 25.8 Å². The van der Waals surface area contributed by atoms with E-state index in [0.717, 1.165) is 6.20 Å². The van der Waals surface area contributed by atoms with Gasteiger partial charge in [-0.25, -0.2) is 9.97 Å². The zero-order valence-electron chi connectivity index (χ0n) is 5.06. The molecule has 0 aliphatic carbocycles. The van der Waals surface area contributed by atoms with Gasteiger partial charge in [-0.1, -0.05) is 34.8 Å². The maximum Gasteiger partial charge on any atom is 0.235 e. The highest BCUT2D eigenvalue weighted by Crippen LogP contribution is 2.22. The molecule has 0 saturated carbocycles. The fourth-order valence-corrected chi connectivity index (χ4v) is 0.765. The van der Waals surface area contributed by atoms with Gasteiger partial charge in [-0.3, -0.25) is 0 Å². The zero-order chi connectivity index (χ0) is 8.43. The van der Waals surface area contributed by atoms with Crippen LogP contribution >= 0.6 is 34.8 Å². The van der Waals surface area contributed by atoms with Crippen molar-refractivity contribution in [1.82, 2.24) is 9.97 Å². The standard InChI is InChI=1S/C5H2Cl3FN2/c6-2-1-10-5(3(7)8)11-4(2)9/h1,3H. The van der Waals surface area contributed by atoms with Crippen LogP contribution in [0.3, 0.4) is 0 Å². The fraction of sp³-hybridized carbons (Fsp3) is 0.200. The molecule has 0 aliphatic rings. The van der Waals surface area contributed by atoms with Gasteiger partial charge in [0.25, 0.3) is 0 Å². The van der Waals surface area contributed by atoms with Crippen molar-refractivity contribution in [1.29, 1.82) is 0 Å². The highest BCUT2D eigenvalue weighted by Gasteiger charge is 2.09. The predicted molar refractivity (Wildman–Crippen MR) is 41.4 cm³/mol. The Bertz CT molecular complexity index is 266. The molecule has 0 N–H and O–H groups in total. The Kier molecular flexibility index (Phi) is 2.87. The van der Waals surface area contributed by atoms with E-state index in [1.807, 2.05) is 0 Å². The minimum absolute atomic E-state index is 0.00948. The Morgan fingerprint density at radius 3 is 2.55 bits per heavy atom. The van der Waals surface area contributed by atoms with Crippen LogP contribution in [0, 0.1) is 5.95 Å². The van der Waals surface area contributed by atoms with Crippen molar-refractivity contribution in [2.75, 3.05) is 0 Å². The smallest absolute Gasteiger partial charge is 0.235 e. The lowest BCUT2D eigenvalue weighted by Crippen LogP contribution is -1.96. The first-order chi connectivity index (χ1) is 5.11. The van der Waals surface area contributed by atoms with Gasteiger partial charge in [0.2, 0.25) is 5.95 Å². The monoisotopic (exact) mass is 214 g/mol. The molecular formula is C5H2Cl3FN2. The third kappa shape index (κ3) is 2.15. The summed E-state index contributed by atoms with van der Waals surface area (Å²) in [5.41, 5.74) is 0. The Hall–Kier alpha value is -0.120. The molecule has 0 spiro atoms. The Labute approximate surface area is 77.3 Å². The van der Waals surface area contributed by atoms with Gasteiger partial charge in [-0.15, -0.1) is 0 Å². The van der Waals surface area contributed by atoms with Gasteiger partial charge in [0, 0.05) is 0 Å². The van der Waals surface area contributed by atoms with Crippen LogP contribution < -0.4 is 0 Å². The molecule has 2 nitrogen and oxygen atoms in total. The van der Waals surface area contributed by atoms with Crippen LogP contribution in [-0.4, -0.2) is 9.97 Å². The lowest BCUT2D eigenvalue weighted by molar-refractivity contribution is 0.573. The minimum Gasteiger partial charge on any atom is -0.237 e. The summed E-state index contributed by atoms with van der Waals surface area (Å²) in [6, 6.07) is 0. The average Bonchev–Trinajstić information content (AvgIpc) is 1.94. The van der Waals surface area contributed by atoms with Crippen molar-refractivity contribution < 1.29 is 4.39 Å². The Morgan fingerprint density at radius 1 is 1.45 bits per heavy atom. The summed E-state index contributed by atoms with van der Waals surface area (Å²) in [6.45, 7) is 0. The van der Waals surface area contributed by atoms with E-state index in [4.69, 9.17) is 34.8 Å². The molecule has 1 aromatic heterocycles. The van der Waals surface area contributed by atoms with E-state index in [2.05, 4.69) is 9.97 Å². The van der Waals surface area contributed by atoms with Crippen molar-refractivity contribution in [3.05, 3.63) is 23.0 Å². The second-order valence-corrected chi connectivity index (χ2v) is 3.17. The normalized spacial score (nSPS) is 10.6. The molecular weight excluding hydrogens is 213 g/mol. The van der Waals surface area contributed by atoms with Crippen LogP contribution in [0.1, 0.15) is 10.7 Å². The number of rotatable bonds is 1. The second kappa shape index (κ2) is 3.52. The molecule has 1 aromatic rings. The molecule has 0 unspecified atom stereocenters. The lowest BCUT2D eigenvalue weighted by atomic mass is 10.6. The molecule has 0 aliphatic heterocycles. The molecule has 0 aromatic carbocycles. The summed E-state index contributed by atoms with van der Waals surface area (Å²) in [5, 5.41) is -0.150. The van der Waals surface area contributed by atoms with Gasteiger partial charge in [-0.2, -0.15) is 4.39 Å². The van der Waals surface area contributed by atoms with E-state index in [-0.39, 0.29) is 10.8 Å². The molecule has 1 heterocycles. The summed E-state index contributed by atoms with van der Waals surface area (Å²) >= 11 is 16.0. The van der Waals surface area contributed by atoms with E-state index in [1.54, 1.807) is 0 Å². The summed E-state index contributed by atoms with van der Waals surface area (Å²) in [5.74, 6) is -0.807. The minimum atomic E-state index is -0.929. The average molecular weight is 215 g/mol. The number of alkyl halides is 2. The molecule has 1 rings (SSSR count). The molecule has 11 heavy (non-hydrogen) atoms. The molecule has 6 heteroatoms. The van der Waals surface area contributed by atoms with Gasteiger partial charge < -0.3 is 0 Å². The summed E-state index contributed by atoms with van der Waals surface area (Å²) < 4.78 is 12.5. The van der Waals surface area contributed by atoms with E-state index in [9.17, 15) is 4.39 Å². The third-order valence-corrected chi connectivity index (χ3v) is 1.56. The summed E-state index contributed by atoms with van der Waals surface area (Å²) in [7, 11) is 0. The number of aromatic nitrogens is 2. The maximum atomic E-state index is 12.5. The van der Waals surface area contributed by atoms with Gasteiger partial charge in [0.1, 0.15) is 5.02 Å². The molecule has 0 radical (unpaired) electrons. The van der Waals surface area contributed by atoms with Crippen molar-refractivity contribution in [3.63, 3.8) is 0 Å². The van der Waals surface area contributed by atoms with Crippen LogP contribution in [0.15, 0.2) is 6.20 Å². The van der Waals surface area contributed by atoms with Crippen molar-refractivity contribution >= 4 is 34.8 Å². The van der Waals surface area contributed by atoms with E-state index < -0.39 is 10.8 Å². The zero-order valence-corrected chi connectivity index (χ0v) is 7.33. The largest absolute Gasteiger partial charge is 0.237 e. The van der Waals surface area contributed by atoms with Crippen LogP contribution in [0.2, 0.25) is 5.02 Å². The Morgan fingerprint density at radius 2 is 2.09 bits per heavy atom. The fourth-order valence-electron chi connectivity index (χ4n) is 0.464. The molecule has 0 saturated heterocycles. The van der Waals surface area contributed by atoms with E-state index in [1.165, 1.54) is 0 Å². The number of hydrogen-bond acceptors (Lipinski definition) is 2. The van der Waals surface area contributed by atoms with Crippen LogP contribution in [0.4, 0.5) is 4.39 Å². The molecule has 0 amide bonds. The van der Waals surface area contributed by atoms with Crippen molar-refractivity contribution in [2.24, 2.45) is 0 Å². The number of hydrogen-bond donors (Lipinski definition) is 0. The first kappa shape index (κ1) is 8.97. The number of nitrogens with zero attached hydrogens (tertiary/aromatic N) is 2. The third-order valence-electron chi connectivity index (χ3n) is 0.915. The summed E-state index contributed by atoms with van der Waals surface area (Å²) in [4.78, 5) is 5.96. The van der Waals surface area contributed by atoms with E-state index >= 15 is 0 Å². The van der Waals surface area contributed by atoms with Crippen molar-refractivity contribution in [3.8, 4) is 0 Å². The quantitative estimate of drug-likeness (QED) is 0.532. The molecule has 0 fully saturated rings. The van der Waals surface area contributed by atoms with Gasteiger partial charge in [0.15, 0.2) is 10.7 Å². The van der Waals surface area contributed by atoms with Gasteiger partial charge in [-0.05, 0) is 0 Å². The molecule has 60 valence electrons. The van der Waals surface area contributed by atoms with Gasteiger partial charge >= 0.3 is 0 Å². The van der Waals surface area contributed by atoms with Crippen LogP contribution in [-0.2, 0) is 0 Å². The highest BCUT2D eigenvalue weighted by molar-refractivity contribution is 6.43. The first-order valence-electron chi connectivity index (χ1n) is 2.57. The van der Waals surface area contributed by atoms with E-state index in [0.29, 0.717) is 0 Å².